The normalized spacial score (nSPS) is 10.4. The van der Waals surface area contributed by atoms with Crippen molar-refractivity contribution in [1.82, 2.24) is 4.98 Å². The van der Waals surface area contributed by atoms with Crippen LogP contribution in [0.1, 0.15) is 23.7 Å². The zero-order valence-electron chi connectivity index (χ0n) is 10.4. The number of rotatable bonds is 4. The van der Waals surface area contributed by atoms with Crippen LogP contribution in [0.3, 0.4) is 0 Å². The molecule has 19 heavy (non-hydrogen) atoms. The summed E-state index contributed by atoms with van der Waals surface area (Å²) < 4.78 is 5.73. The SMILES string of the molecule is CCCOC(=O)c1ccnc(-c2ccc(Cl)s2)c1N. The van der Waals surface area contributed by atoms with E-state index in [-0.39, 0.29) is 0 Å². The van der Waals surface area contributed by atoms with Crippen molar-refractivity contribution < 1.29 is 9.53 Å². The molecule has 0 aromatic carbocycles. The minimum absolute atomic E-state index is 0.321. The number of ether oxygens (including phenoxy) is 1. The van der Waals surface area contributed by atoms with E-state index in [1.165, 1.54) is 11.3 Å². The number of hydrogen-bond donors (Lipinski definition) is 1. The number of thiophene rings is 1. The predicted octanol–water partition coefficient (Wildman–Crippen LogP) is 3.61. The van der Waals surface area contributed by atoms with E-state index in [4.69, 9.17) is 22.1 Å². The monoisotopic (exact) mass is 296 g/mol. The summed E-state index contributed by atoms with van der Waals surface area (Å²) in [7, 11) is 0. The van der Waals surface area contributed by atoms with Crippen LogP contribution in [-0.4, -0.2) is 17.6 Å². The first-order valence-electron chi connectivity index (χ1n) is 5.80. The molecule has 2 heterocycles. The van der Waals surface area contributed by atoms with Crippen molar-refractivity contribution in [2.24, 2.45) is 0 Å². The summed E-state index contributed by atoms with van der Waals surface area (Å²) in [5.74, 6) is -0.425. The molecular weight excluding hydrogens is 284 g/mol. The summed E-state index contributed by atoms with van der Waals surface area (Å²) >= 11 is 7.26. The van der Waals surface area contributed by atoms with Gasteiger partial charge in [0, 0.05) is 6.20 Å². The maximum Gasteiger partial charge on any atom is 0.340 e. The second-order valence-corrected chi connectivity index (χ2v) is 5.58. The van der Waals surface area contributed by atoms with Gasteiger partial charge in [-0.15, -0.1) is 11.3 Å². The van der Waals surface area contributed by atoms with E-state index in [2.05, 4.69) is 4.98 Å². The molecule has 4 nitrogen and oxygen atoms in total. The fraction of sp³-hybridized carbons (Fsp3) is 0.231. The molecule has 0 saturated heterocycles. The van der Waals surface area contributed by atoms with Crippen LogP contribution < -0.4 is 5.73 Å². The first-order chi connectivity index (χ1) is 9.13. The highest BCUT2D eigenvalue weighted by Crippen LogP contribution is 2.34. The Bertz CT molecular complexity index is 598. The van der Waals surface area contributed by atoms with E-state index in [1.807, 2.05) is 13.0 Å². The van der Waals surface area contributed by atoms with Gasteiger partial charge >= 0.3 is 5.97 Å². The molecule has 0 radical (unpaired) electrons. The summed E-state index contributed by atoms with van der Waals surface area (Å²) in [5, 5.41) is 0. The van der Waals surface area contributed by atoms with Gasteiger partial charge in [-0.3, -0.25) is 4.98 Å². The third kappa shape index (κ3) is 3.05. The van der Waals surface area contributed by atoms with Crippen molar-refractivity contribution in [3.63, 3.8) is 0 Å². The first-order valence-corrected chi connectivity index (χ1v) is 7.00. The number of nitrogen functional groups attached to an aromatic ring is 1. The van der Waals surface area contributed by atoms with Gasteiger partial charge in [-0.2, -0.15) is 0 Å². The Kier molecular flexibility index (Phi) is 4.39. The smallest absolute Gasteiger partial charge is 0.340 e. The molecule has 0 atom stereocenters. The van der Waals surface area contributed by atoms with Crippen molar-refractivity contribution in [3.8, 4) is 10.6 Å². The van der Waals surface area contributed by atoms with Crippen LogP contribution in [0, 0.1) is 0 Å². The summed E-state index contributed by atoms with van der Waals surface area (Å²) in [6.07, 6.45) is 2.31. The quantitative estimate of drug-likeness (QED) is 0.875. The molecule has 2 aromatic rings. The summed E-state index contributed by atoms with van der Waals surface area (Å²) in [6, 6.07) is 5.16. The molecule has 0 aliphatic heterocycles. The minimum Gasteiger partial charge on any atom is -0.462 e. The van der Waals surface area contributed by atoms with E-state index in [0.29, 0.717) is 27.9 Å². The molecule has 0 aliphatic rings. The summed E-state index contributed by atoms with van der Waals surface area (Å²) in [4.78, 5) is 16.9. The molecule has 0 amide bonds. The molecule has 0 spiro atoms. The van der Waals surface area contributed by atoms with E-state index < -0.39 is 5.97 Å². The summed E-state index contributed by atoms with van der Waals surface area (Å²) in [5.41, 5.74) is 7.21. The van der Waals surface area contributed by atoms with Crippen LogP contribution in [0.15, 0.2) is 24.4 Å². The fourth-order valence-corrected chi connectivity index (χ4v) is 2.62. The zero-order chi connectivity index (χ0) is 13.8. The lowest BCUT2D eigenvalue weighted by atomic mass is 10.1. The Morgan fingerprint density at radius 1 is 1.47 bits per heavy atom. The zero-order valence-corrected chi connectivity index (χ0v) is 11.9. The lowest BCUT2D eigenvalue weighted by Gasteiger charge is -2.08. The number of halogens is 1. The predicted molar refractivity (Wildman–Crippen MR) is 77.5 cm³/mol. The highest BCUT2D eigenvalue weighted by Gasteiger charge is 2.16. The van der Waals surface area contributed by atoms with E-state index in [1.54, 1.807) is 18.3 Å². The number of aromatic nitrogens is 1. The standard InChI is InChI=1S/C13H13ClN2O2S/c1-2-7-18-13(17)8-5-6-16-12(11(8)15)9-3-4-10(14)19-9/h3-6H,2,7,15H2,1H3. The Morgan fingerprint density at radius 2 is 2.26 bits per heavy atom. The number of carbonyl (C=O) groups excluding carboxylic acids is 1. The third-order valence-electron chi connectivity index (χ3n) is 2.45. The van der Waals surface area contributed by atoms with Gasteiger partial charge in [0.05, 0.1) is 27.1 Å². The first kappa shape index (κ1) is 13.8. The number of carbonyl (C=O) groups is 1. The van der Waals surface area contributed by atoms with Gasteiger partial charge in [-0.05, 0) is 24.6 Å². The number of nitrogens with zero attached hydrogens (tertiary/aromatic N) is 1. The second kappa shape index (κ2) is 6.04. The lowest BCUT2D eigenvalue weighted by Crippen LogP contribution is -2.10. The highest BCUT2D eigenvalue weighted by molar-refractivity contribution is 7.19. The molecule has 6 heteroatoms. The molecule has 0 unspecified atom stereocenters. The molecule has 2 N–H and O–H groups in total. The van der Waals surface area contributed by atoms with Gasteiger partial charge in [0.15, 0.2) is 0 Å². The van der Waals surface area contributed by atoms with E-state index in [9.17, 15) is 4.79 Å². The molecule has 100 valence electrons. The van der Waals surface area contributed by atoms with Crippen LogP contribution in [0.2, 0.25) is 4.34 Å². The Hall–Kier alpha value is -1.59. The van der Waals surface area contributed by atoms with Gasteiger partial charge in [0.1, 0.15) is 5.69 Å². The second-order valence-electron chi connectivity index (χ2n) is 3.86. The molecule has 0 bridgehead atoms. The fourth-order valence-electron chi connectivity index (χ4n) is 1.56. The van der Waals surface area contributed by atoms with E-state index >= 15 is 0 Å². The van der Waals surface area contributed by atoms with Gasteiger partial charge in [-0.1, -0.05) is 18.5 Å². The minimum atomic E-state index is -0.425. The third-order valence-corrected chi connectivity index (χ3v) is 3.69. The lowest BCUT2D eigenvalue weighted by molar-refractivity contribution is 0.0506. The van der Waals surface area contributed by atoms with Crippen molar-refractivity contribution in [3.05, 3.63) is 34.3 Å². The van der Waals surface area contributed by atoms with Crippen LogP contribution in [0.4, 0.5) is 5.69 Å². The van der Waals surface area contributed by atoms with Crippen molar-refractivity contribution in [2.45, 2.75) is 13.3 Å². The Morgan fingerprint density at radius 3 is 2.89 bits per heavy atom. The van der Waals surface area contributed by atoms with Gasteiger partial charge < -0.3 is 10.5 Å². The maximum atomic E-state index is 11.9. The van der Waals surface area contributed by atoms with Crippen molar-refractivity contribution >= 4 is 34.6 Å². The van der Waals surface area contributed by atoms with Crippen LogP contribution in [0.25, 0.3) is 10.6 Å². The molecule has 2 rings (SSSR count). The number of pyridine rings is 1. The largest absolute Gasteiger partial charge is 0.462 e. The van der Waals surface area contributed by atoms with Gasteiger partial charge in [-0.25, -0.2) is 4.79 Å². The number of hydrogen-bond acceptors (Lipinski definition) is 5. The summed E-state index contributed by atoms with van der Waals surface area (Å²) in [6.45, 7) is 2.31. The highest BCUT2D eigenvalue weighted by atomic mass is 35.5. The molecular formula is C13H13ClN2O2S. The van der Waals surface area contributed by atoms with Crippen LogP contribution >= 0.6 is 22.9 Å². The van der Waals surface area contributed by atoms with E-state index in [0.717, 1.165) is 11.3 Å². The topological polar surface area (TPSA) is 65.2 Å². The van der Waals surface area contributed by atoms with Crippen LogP contribution in [0.5, 0.6) is 0 Å². The van der Waals surface area contributed by atoms with Gasteiger partial charge in [0.25, 0.3) is 0 Å². The van der Waals surface area contributed by atoms with Crippen molar-refractivity contribution in [2.75, 3.05) is 12.3 Å². The number of nitrogens with two attached hydrogens (primary N) is 1. The van der Waals surface area contributed by atoms with Crippen molar-refractivity contribution in [1.29, 1.82) is 0 Å². The molecule has 0 saturated carbocycles. The molecule has 0 fully saturated rings. The van der Waals surface area contributed by atoms with Crippen LogP contribution in [-0.2, 0) is 4.74 Å². The maximum absolute atomic E-state index is 11.9. The molecule has 0 aliphatic carbocycles. The Labute approximate surface area is 120 Å². The Balaban J connectivity index is 2.35. The average molecular weight is 297 g/mol. The number of esters is 1. The average Bonchev–Trinajstić information content (AvgIpc) is 2.82. The van der Waals surface area contributed by atoms with Gasteiger partial charge in [0.2, 0.25) is 0 Å². The number of anilines is 1. The molecule has 2 aromatic heterocycles.